The van der Waals surface area contributed by atoms with Gasteiger partial charge in [0.05, 0.1) is 0 Å². The molecule has 1 aromatic carbocycles. The molecule has 1 aliphatic carbocycles. The average molecular weight is 272 g/mol. The van der Waals surface area contributed by atoms with Crippen molar-refractivity contribution >= 4 is 5.91 Å². The van der Waals surface area contributed by atoms with Gasteiger partial charge < -0.3 is 10.6 Å². The van der Waals surface area contributed by atoms with Gasteiger partial charge in [-0.05, 0) is 56.2 Å². The van der Waals surface area contributed by atoms with E-state index in [4.69, 9.17) is 0 Å². The highest BCUT2D eigenvalue weighted by Gasteiger charge is 2.20. The lowest BCUT2D eigenvalue weighted by Crippen LogP contribution is -2.39. The molecule has 2 atom stereocenters. The summed E-state index contributed by atoms with van der Waals surface area (Å²) in [6.07, 6.45) is 7.28. The van der Waals surface area contributed by atoms with Gasteiger partial charge in [0, 0.05) is 18.5 Å². The van der Waals surface area contributed by atoms with Crippen LogP contribution in [0, 0.1) is 0 Å². The molecule has 108 valence electrons. The summed E-state index contributed by atoms with van der Waals surface area (Å²) in [5.74, 6) is 0.225. The molecular formula is C17H24N2O. The van der Waals surface area contributed by atoms with E-state index in [1.807, 2.05) is 0 Å². The smallest absolute Gasteiger partial charge is 0.220 e. The van der Waals surface area contributed by atoms with Gasteiger partial charge in [-0.15, -0.1) is 0 Å². The van der Waals surface area contributed by atoms with Gasteiger partial charge in [0.2, 0.25) is 5.91 Å². The predicted octanol–water partition coefficient (Wildman–Crippen LogP) is 2.19. The number of benzene rings is 1. The van der Waals surface area contributed by atoms with E-state index in [1.165, 1.54) is 24.0 Å². The third-order valence-electron chi connectivity index (χ3n) is 4.59. The molecule has 0 bridgehead atoms. The number of hydrogen-bond acceptors (Lipinski definition) is 2. The van der Waals surface area contributed by atoms with Gasteiger partial charge in [0.15, 0.2) is 0 Å². The number of amides is 1. The Morgan fingerprint density at radius 2 is 2.10 bits per heavy atom. The largest absolute Gasteiger partial charge is 0.353 e. The quantitative estimate of drug-likeness (QED) is 0.882. The number of carbonyl (C=O) groups is 1. The molecule has 0 radical (unpaired) electrons. The Morgan fingerprint density at radius 1 is 1.25 bits per heavy atom. The van der Waals surface area contributed by atoms with E-state index in [0.717, 1.165) is 32.2 Å². The number of hydrogen-bond donors (Lipinski definition) is 2. The van der Waals surface area contributed by atoms with E-state index in [2.05, 4.69) is 34.9 Å². The molecule has 20 heavy (non-hydrogen) atoms. The van der Waals surface area contributed by atoms with Crippen LogP contribution < -0.4 is 10.6 Å². The number of nitrogens with one attached hydrogen (secondary N) is 2. The van der Waals surface area contributed by atoms with Crippen molar-refractivity contribution in [3.63, 3.8) is 0 Å². The molecule has 2 N–H and O–H groups in total. The van der Waals surface area contributed by atoms with Crippen molar-refractivity contribution in [3.05, 3.63) is 35.4 Å². The molecule has 1 fully saturated rings. The maximum absolute atomic E-state index is 12.0. The molecule has 0 aromatic heterocycles. The number of carbonyl (C=O) groups excluding carboxylic acids is 1. The van der Waals surface area contributed by atoms with Crippen LogP contribution in [0.2, 0.25) is 0 Å². The van der Waals surface area contributed by atoms with Gasteiger partial charge in [0.1, 0.15) is 0 Å². The van der Waals surface area contributed by atoms with Crippen molar-refractivity contribution in [2.24, 2.45) is 0 Å². The lowest BCUT2D eigenvalue weighted by molar-refractivity contribution is -0.122. The van der Waals surface area contributed by atoms with Crippen LogP contribution in [0.15, 0.2) is 24.3 Å². The van der Waals surface area contributed by atoms with Crippen molar-refractivity contribution in [1.29, 1.82) is 0 Å². The summed E-state index contributed by atoms with van der Waals surface area (Å²) in [6.45, 7) is 1.12. The minimum Gasteiger partial charge on any atom is -0.353 e. The second-order valence-electron chi connectivity index (χ2n) is 6.11. The van der Waals surface area contributed by atoms with Crippen molar-refractivity contribution in [1.82, 2.24) is 10.6 Å². The molecule has 3 heteroatoms. The van der Waals surface area contributed by atoms with E-state index in [9.17, 15) is 4.79 Å². The normalized spacial score (nSPS) is 25.2. The predicted molar refractivity (Wildman–Crippen MR) is 80.7 cm³/mol. The molecule has 1 amide bonds. The van der Waals surface area contributed by atoms with E-state index >= 15 is 0 Å². The van der Waals surface area contributed by atoms with Gasteiger partial charge in [-0.2, -0.15) is 0 Å². The lowest BCUT2D eigenvalue weighted by Gasteiger charge is -2.25. The second kappa shape index (κ2) is 6.40. The van der Waals surface area contributed by atoms with Gasteiger partial charge in [0.25, 0.3) is 0 Å². The summed E-state index contributed by atoms with van der Waals surface area (Å²) >= 11 is 0. The molecule has 1 heterocycles. The molecule has 1 aliphatic heterocycles. The average Bonchev–Trinajstić information content (AvgIpc) is 2.98. The lowest BCUT2D eigenvalue weighted by atomic mass is 9.88. The monoisotopic (exact) mass is 272 g/mol. The molecule has 3 nitrogen and oxygen atoms in total. The Morgan fingerprint density at radius 3 is 2.90 bits per heavy atom. The molecule has 2 aliphatic rings. The van der Waals surface area contributed by atoms with Gasteiger partial charge in [-0.3, -0.25) is 4.79 Å². The van der Waals surface area contributed by atoms with Crippen LogP contribution in [-0.4, -0.2) is 24.5 Å². The standard InChI is InChI=1S/C17H24N2O/c20-17(10-9-15-6-3-11-18-15)19-16-8-7-13-4-1-2-5-14(13)12-16/h1-2,4-5,15-16,18H,3,6-12H2,(H,19,20). The Bertz CT molecular complexity index is 466. The highest BCUT2D eigenvalue weighted by atomic mass is 16.1. The fraction of sp³-hybridized carbons (Fsp3) is 0.588. The number of aryl methyl sites for hydroxylation is 1. The summed E-state index contributed by atoms with van der Waals surface area (Å²) in [7, 11) is 0. The number of rotatable bonds is 4. The Labute approximate surface area is 121 Å². The Kier molecular flexibility index (Phi) is 4.36. The topological polar surface area (TPSA) is 41.1 Å². The van der Waals surface area contributed by atoms with Crippen molar-refractivity contribution < 1.29 is 4.79 Å². The molecule has 1 saturated heterocycles. The molecule has 3 rings (SSSR count). The summed E-state index contributed by atoms with van der Waals surface area (Å²) < 4.78 is 0. The zero-order valence-corrected chi connectivity index (χ0v) is 12.0. The first-order valence-electron chi connectivity index (χ1n) is 7.91. The number of fused-ring (bicyclic) bond motifs is 1. The van der Waals surface area contributed by atoms with Crippen LogP contribution in [0.1, 0.15) is 43.2 Å². The van der Waals surface area contributed by atoms with Gasteiger partial charge in [-0.25, -0.2) is 0 Å². The van der Waals surface area contributed by atoms with E-state index in [0.29, 0.717) is 18.5 Å². The SMILES string of the molecule is O=C(CCC1CCCN1)NC1CCc2ccccc2C1. The summed E-state index contributed by atoms with van der Waals surface area (Å²) in [5, 5.41) is 6.67. The summed E-state index contributed by atoms with van der Waals surface area (Å²) in [6, 6.07) is 9.48. The minimum absolute atomic E-state index is 0.225. The van der Waals surface area contributed by atoms with E-state index in [-0.39, 0.29) is 5.91 Å². The Balaban J connectivity index is 1.45. The van der Waals surface area contributed by atoms with Gasteiger partial charge in [-0.1, -0.05) is 24.3 Å². The Hall–Kier alpha value is -1.35. The first-order chi connectivity index (χ1) is 9.81. The molecule has 0 saturated carbocycles. The van der Waals surface area contributed by atoms with Crippen LogP contribution in [-0.2, 0) is 17.6 Å². The fourth-order valence-electron chi connectivity index (χ4n) is 3.43. The minimum atomic E-state index is 0.225. The van der Waals surface area contributed by atoms with Crippen molar-refractivity contribution in [2.45, 2.75) is 57.0 Å². The van der Waals surface area contributed by atoms with Gasteiger partial charge >= 0.3 is 0 Å². The summed E-state index contributed by atoms with van der Waals surface area (Å²) in [4.78, 5) is 12.0. The van der Waals surface area contributed by atoms with Crippen molar-refractivity contribution in [2.75, 3.05) is 6.54 Å². The van der Waals surface area contributed by atoms with Crippen LogP contribution in [0.4, 0.5) is 0 Å². The van der Waals surface area contributed by atoms with Crippen LogP contribution in [0.25, 0.3) is 0 Å². The first-order valence-corrected chi connectivity index (χ1v) is 7.91. The fourth-order valence-corrected chi connectivity index (χ4v) is 3.43. The highest BCUT2D eigenvalue weighted by molar-refractivity contribution is 5.76. The zero-order chi connectivity index (χ0) is 13.8. The molecule has 2 unspecified atom stereocenters. The van der Waals surface area contributed by atoms with E-state index in [1.54, 1.807) is 0 Å². The highest BCUT2D eigenvalue weighted by Crippen LogP contribution is 2.21. The molecular weight excluding hydrogens is 248 g/mol. The van der Waals surface area contributed by atoms with E-state index < -0.39 is 0 Å². The third-order valence-corrected chi connectivity index (χ3v) is 4.59. The first kappa shape index (κ1) is 13.6. The molecule has 1 aromatic rings. The van der Waals surface area contributed by atoms with Crippen LogP contribution in [0.5, 0.6) is 0 Å². The molecule has 0 spiro atoms. The maximum atomic E-state index is 12.0. The van der Waals surface area contributed by atoms with Crippen LogP contribution in [0.3, 0.4) is 0 Å². The zero-order valence-electron chi connectivity index (χ0n) is 12.0. The second-order valence-corrected chi connectivity index (χ2v) is 6.11. The third kappa shape index (κ3) is 3.40. The van der Waals surface area contributed by atoms with Crippen molar-refractivity contribution in [3.8, 4) is 0 Å². The van der Waals surface area contributed by atoms with Crippen LogP contribution >= 0.6 is 0 Å². The summed E-state index contributed by atoms with van der Waals surface area (Å²) in [5.41, 5.74) is 2.86. The maximum Gasteiger partial charge on any atom is 0.220 e.